The van der Waals surface area contributed by atoms with Crippen molar-refractivity contribution in [3.8, 4) is 0 Å². The summed E-state index contributed by atoms with van der Waals surface area (Å²) in [6, 6.07) is 0. The van der Waals surface area contributed by atoms with Gasteiger partial charge in [0.05, 0.1) is 6.61 Å². The maximum Gasteiger partial charge on any atom is 0.330 e. The lowest BCUT2D eigenvalue weighted by Gasteiger charge is -2.27. The maximum atomic E-state index is 11.6. The smallest absolute Gasteiger partial charge is 0.330 e. The third-order valence-corrected chi connectivity index (χ3v) is 3.08. The summed E-state index contributed by atoms with van der Waals surface area (Å²) in [5, 5.41) is 0. The van der Waals surface area contributed by atoms with E-state index >= 15 is 0 Å². The summed E-state index contributed by atoms with van der Waals surface area (Å²) in [6.45, 7) is 7.80. The Morgan fingerprint density at radius 2 is 1.80 bits per heavy atom. The average molecular weight is 283 g/mol. The van der Waals surface area contributed by atoms with E-state index in [0.717, 1.165) is 19.4 Å². The summed E-state index contributed by atoms with van der Waals surface area (Å²) in [6.07, 6.45) is 10.8. The second-order valence-electron chi connectivity index (χ2n) is 6.61. The summed E-state index contributed by atoms with van der Waals surface area (Å²) in [7, 11) is 4.06. The third-order valence-electron chi connectivity index (χ3n) is 3.08. The predicted octanol–water partition coefficient (Wildman–Crippen LogP) is 4.03. The molecular weight excluding hydrogens is 250 g/mol. The number of ether oxygens (including phenoxy) is 1. The van der Waals surface area contributed by atoms with Gasteiger partial charge >= 0.3 is 5.97 Å². The highest BCUT2D eigenvalue weighted by Gasteiger charge is 2.20. The van der Waals surface area contributed by atoms with Crippen LogP contribution in [0.3, 0.4) is 0 Å². The zero-order valence-electron chi connectivity index (χ0n) is 14.1. The molecule has 3 heteroatoms. The van der Waals surface area contributed by atoms with Gasteiger partial charge in [0.2, 0.25) is 0 Å². The number of hydrogen-bond acceptors (Lipinski definition) is 3. The van der Waals surface area contributed by atoms with Crippen LogP contribution in [0, 0.1) is 5.41 Å². The second kappa shape index (κ2) is 10.9. The number of allylic oxidation sites excluding steroid dienone is 1. The van der Waals surface area contributed by atoms with Crippen LogP contribution in [0.25, 0.3) is 0 Å². The van der Waals surface area contributed by atoms with Gasteiger partial charge in [-0.1, -0.05) is 52.5 Å². The lowest BCUT2D eigenvalue weighted by molar-refractivity contribution is -0.141. The molecule has 0 aliphatic carbocycles. The van der Waals surface area contributed by atoms with Gasteiger partial charge in [0.25, 0.3) is 0 Å². The summed E-state index contributed by atoms with van der Waals surface area (Å²) in [5.74, 6) is -0.217. The van der Waals surface area contributed by atoms with Crippen molar-refractivity contribution in [2.24, 2.45) is 5.41 Å². The van der Waals surface area contributed by atoms with Crippen LogP contribution in [0.4, 0.5) is 0 Å². The minimum absolute atomic E-state index is 0.00679. The quantitative estimate of drug-likeness (QED) is 0.326. The molecule has 0 atom stereocenters. The largest absolute Gasteiger partial charge is 0.462 e. The molecule has 0 N–H and O–H groups in total. The van der Waals surface area contributed by atoms with Crippen LogP contribution < -0.4 is 0 Å². The first kappa shape index (κ1) is 19.2. The molecule has 3 nitrogen and oxygen atoms in total. The molecule has 0 bridgehead atoms. The maximum absolute atomic E-state index is 11.6. The Hall–Kier alpha value is -0.830. The molecule has 0 saturated carbocycles. The molecule has 0 fully saturated rings. The van der Waals surface area contributed by atoms with Gasteiger partial charge in [-0.3, -0.25) is 0 Å². The number of nitrogens with zero attached hydrogens (tertiary/aromatic N) is 1. The van der Waals surface area contributed by atoms with Gasteiger partial charge in [0.1, 0.15) is 0 Å². The molecule has 118 valence electrons. The fourth-order valence-corrected chi connectivity index (χ4v) is 2.26. The minimum atomic E-state index is -0.217. The number of unbranched alkanes of at least 4 members (excludes halogenated alkanes) is 5. The molecule has 0 heterocycles. The zero-order valence-corrected chi connectivity index (χ0v) is 14.1. The molecule has 0 aromatic carbocycles. The lowest BCUT2D eigenvalue weighted by atomic mass is 9.94. The predicted molar refractivity (Wildman–Crippen MR) is 85.8 cm³/mol. The molecule has 0 aliphatic rings. The number of rotatable bonds is 11. The van der Waals surface area contributed by atoms with E-state index in [-0.39, 0.29) is 11.4 Å². The highest BCUT2D eigenvalue weighted by atomic mass is 16.5. The van der Waals surface area contributed by atoms with E-state index in [2.05, 4.69) is 25.7 Å². The standard InChI is InChI=1S/C17H33NO2/c1-6-7-8-9-10-11-12-13-16(19)20-15-17(2,3)14-18(4)5/h12-13H,6-11,14-15H2,1-5H3. The summed E-state index contributed by atoms with van der Waals surface area (Å²) in [4.78, 5) is 13.7. The van der Waals surface area contributed by atoms with Gasteiger partial charge in [-0.2, -0.15) is 0 Å². The molecule has 0 aromatic rings. The van der Waals surface area contributed by atoms with Crippen molar-refractivity contribution in [2.75, 3.05) is 27.2 Å². The fraction of sp³-hybridized carbons (Fsp3) is 0.824. The Morgan fingerprint density at radius 1 is 1.15 bits per heavy atom. The molecule has 0 saturated heterocycles. The van der Waals surface area contributed by atoms with Crippen LogP contribution in [-0.2, 0) is 9.53 Å². The summed E-state index contributed by atoms with van der Waals surface area (Å²) in [5.41, 5.74) is -0.00679. The highest BCUT2D eigenvalue weighted by molar-refractivity contribution is 5.81. The molecule has 0 radical (unpaired) electrons. The van der Waals surface area contributed by atoms with Gasteiger partial charge in [0, 0.05) is 18.0 Å². The highest BCUT2D eigenvalue weighted by Crippen LogP contribution is 2.16. The van der Waals surface area contributed by atoms with Crippen molar-refractivity contribution in [1.29, 1.82) is 0 Å². The Bertz CT molecular complexity index is 283. The Morgan fingerprint density at radius 3 is 2.40 bits per heavy atom. The van der Waals surface area contributed by atoms with Crippen molar-refractivity contribution >= 4 is 5.97 Å². The van der Waals surface area contributed by atoms with E-state index in [9.17, 15) is 4.79 Å². The van der Waals surface area contributed by atoms with Crippen molar-refractivity contribution < 1.29 is 9.53 Å². The van der Waals surface area contributed by atoms with Crippen molar-refractivity contribution in [3.63, 3.8) is 0 Å². The first-order valence-corrected chi connectivity index (χ1v) is 7.85. The Labute approximate surface area is 125 Å². The molecule has 0 spiro atoms. The molecule has 20 heavy (non-hydrogen) atoms. The van der Waals surface area contributed by atoms with Gasteiger partial charge in [-0.05, 0) is 26.9 Å². The molecule has 0 aromatic heterocycles. The van der Waals surface area contributed by atoms with E-state index in [4.69, 9.17) is 4.74 Å². The molecule has 0 unspecified atom stereocenters. The van der Waals surface area contributed by atoms with Gasteiger partial charge in [-0.25, -0.2) is 4.79 Å². The van der Waals surface area contributed by atoms with E-state index in [1.54, 1.807) is 6.08 Å². The number of carbonyl (C=O) groups excluding carboxylic acids is 1. The van der Waals surface area contributed by atoms with Crippen molar-refractivity contribution in [2.45, 2.75) is 59.3 Å². The normalized spacial score (nSPS) is 12.3. The molecule has 0 rings (SSSR count). The van der Waals surface area contributed by atoms with Crippen LogP contribution in [0.5, 0.6) is 0 Å². The molecule has 0 aliphatic heterocycles. The van der Waals surface area contributed by atoms with E-state index < -0.39 is 0 Å². The van der Waals surface area contributed by atoms with Crippen molar-refractivity contribution in [3.05, 3.63) is 12.2 Å². The van der Waals surface area contributed by atoms with Crippen LogP contribution in [0.2, 0.25) is 0 Å². The average Bonchev–Trinajstić information content (AvgIpc) is 2.34. The van der Waals surface area contributed by atoms with E-state index in [1.165, 1.54) is 25.7 Å². The first-order chi connectivity index (χ1) is 9.37. The van der Waals surface area contributed by atoms with E-state index in [1.807, 2.05) is 20.2 Å². The Kier molecular flexibility index (Phi) is 10.4. The van der Waals surface area contributed by atoms with Crippen LogP contribution in [-0.4, -0.2) is 38.1 Å². The number of hydrogen-bond donors (Lipinski definition) is 0. The van der Waals surface area contributed by atoms with Crippen LogP contribution in [0.15, 0.2) is 12.2 Å². The van der Waals surface area contributed by atoms with Crippen LogP contribution >= 0.6 is 0 Å². The first-order valence-electron chi connectivity index (χ1n) is 7.85. The summed E-state index contributed by atoms with van der Waals surface area (Å²) >= 11 is 0. The minimum Gasteiger partial charge on any atom is -0.462 e. The Balaban J connectivity index is 3.72. The topological polar surface area (TPSA) is 29.5 Å². The van der Waals surface area contributed by atoms with Crippen molar-refractivity contribution in [1.82, 2.24) is 4.90 Å². The summed E-state index contributed by atoms with van der Waals surface area (Å²) < 4.78 is 5.30. The van der Waals surface area contributed by atoms with Gasteiger partial charge < -0.3 is 9.64 Å². The van der Waals surface area contributed by atoms with E-state index in [0.29, 0.717) is 6.61 Å². The van der Waals surface area contributed by atoms with Crippen LogP contribution in [0.1, 0.15) is 59.3 Å². The lowest BCUT2D eigenvalue weighted by Crippen LogP contribution is -2.33. The SMILES string of the molecule is CCCCCCCC=CC(=O)OCC(C)(C)CN(C)C. The number of esters is 1. The van der Waals surface area contributed by atoms with Gasteiger partial charge in [-0.15, -0.1) is 0 Å². The monoisotopic (exact) mass is 283 g/mol. The van der Waals surface area contributed by atoms with Gasteiger partial charge in [0.15, 0.2) is 0 Å². The second-order valence-corrected chi connectivity index (χ2v) is 6.61. The number of carbonyl (C=O) groups is 1. The third kappa shape index (κ3) is 12.2. The molecular formula is C17H33NO2. The zero-order chi connectivity index (χ0) is 15.4. The molecule has 0 amide bonds. The fourth-order valence-electron chi connectivity index (χ4n) is 2.26.